The number of nitrogens with zero attached hydrogens (tertiary/aromatic N) is 3. The van der Waals surface area contributed by atoms with Crippen LogP contribution in [0.5, 0.6) is 0 Å². The van der Waals surface area contributed by atoms with Crippen molar-refractivity contribution in [1.82, 2.24) is 10.2 Å². The van der Waals surface area contributed by atoms with Crippen LogP contribution in [0.15, 0.2) is 18.2 Å². The summed E-state index contributed by atoms with van der Waals surface area (Å²) in [7, 11) is 0. The average molecular weight is 361 g/mol. The number of benzene rings is 1. The van der Waals surface area contributed by atoms with Gasteiger partial charge < -0.3 is 10.2 Å². The van der Waals surface area contributed by atoms with Gasteiger partial charge >= 0.3 is 0 Å². The summed E-state index contributed by atoms with van der Waals surface area (Å²) in [6, 6.07) is 8.28. The van der Waals surface area contributed by atoms with Gasteiger partial charge in [-0.1, -0.05) is 17.7 Å². The molecule has 1 saturated heterocycles. The molecule has 1 N–H and O–H groups in total. The summed E-state index contributed by atoms with van der Waals surface area (Å²) in [5.74, 6) is -0.0316. The van der Waals surface area contributed by atoms with Crippen LogP contribution in [0.4, 0.5) is 5.69 Å². The van der Waals surface area contributed by atoms with Crippen LogP contribution in [-0.2, 0) is 4.79 Å². The van der Waals surface area contributed by atoms with Gasteiger partial charge in [0, 0.05) is 36.9 Å². The Morgan fingerprint density at radius 1 is 1.28 bits per heavy atom. The molecule has 0 aromatic heterocycles. The molecule has 2 fully saturated rings. The summed E-state index contributed by atoms with van der Waals surface area (Å²) < 4.78 is 0. The molecule has 0 bridgehead atoms. The molecule has 1 aliphatic carbocycles. The van der Waals surface area contributed by atoms with Crippen LogP contribution >= 0.6 is 11.6 Å². The summed E-state index contributed by atoms with van der Waals surface area (Å²) in [5.41, 5.74) is 1.76. The quantitative estimate of drug-likeness (QED) is 0.896. The van der Waals surface area contributed by atoms with E-state index in [0.29, 0.717) is 6.54 Å². The number of anilines is 1. The molecule has 2 aliphatic rings. The number of carbonyl (C=O) groups is 1. The highest BCUT2D eigenvalue weighted by Crippen LogP contribution is 2.29. The first-order valence-electron chi connectivity index (χ1n) is 8.97. The van der Waals surface area contributed by atoms with Crippen molar-refractivity contribution in [3.63, 3.8) is 0 Å². The number of amides is 1. The molecule has 0 spiro atoms. The Bertz CT molecular complexity index is 670. The number of hydrogen-bond donors (Lipinski definition) is 1. The van der Waals surface area contributed by atoms with Crippen LogP contribution in [0, 0.1) is 18.3 Å². The second kappa shape index (κ2) is 7.63. The minimum Gasteiger partial charge on any atom is -0.369 e. The summed E-state index contributed by atoms with van der Waals surface area (Å²) in [5, 5.41) is 13.1. The van der Waals surface area contributed by atoms with Crippen molar-refractivity contribution in [2.45, 2.75) is 38.1 Å². The van der Waals surface area contributed by atoms with E-state index >= 15 is 0 Å². The maximum atomic E-state index is 12.3. The largest absolute Gasteiger partial charge is 0.369 e. The monoisotopic (exact) mass is 360 g/mol. The van der Waals surface area contributed by atoms with Gasteiger partial charge in [0.15, 0.2) is 0 Å². The van der Waals surface area contributed by atoms with E-state index in [1.54, 1.807) is 0 Å². The zero-order valence-electron chi connectivity index (χ0n) is 14.7. The van der Waals surface area contributed by atoms with Crippen LogP contribution in [-0.4, -0.2) is 49.1 Å². The minimum atomic E-state index is -0.628. The van der Waals surface area contributed by atoms with Crippen LogP contribution in [0.1, 0.15) is 31.2 Å². The number of piperazine rings is 1. The van der Waals surface area contributed by atoms with E-state index in [1.165, 1.54) is 11.3 Å². The van der Waals surface area contributed by atoms with Crippen molar-refractivity contribution in [2.24, 2.45) is 0 Å². The van der Waals surface area contributed by atoms with Gasteiger partial charge in [0.25, 0.3) is 0 Å². The van der Waals surface area contributed by atoms with Crippen molar-refractivity contribution in [2.75, 3.05) is 37.6 Å². The predicted octanol–water partition coefficient (Wildman–Crippen LogP) is 2.72. The van der Waals surface area contributed by atoms with Crippen molar-refractivity contribution in [3.05, 3.63) is 28.8 Å². The lowest BCUT2D eigenvalue weighted by Crippen LogP contribution is -2.53. The van der Waals surface area contributed by atoms with E-state index in [4.69, 9.17) is 11.6 Å². The lowest BCUT2D eigenvalue weighted by atomic mass is 10.00. The highest BCUT2D eigenvalue weighted by Gasteiger charge is 2.35. The van der Waals surface area contributed by atoms with Gasteiger partial charge in [-0.2, -0.15) is 5.26 Å². The van der Waals surface area contributed by atoms with Crippen LogP contribution in [0.2, 0.25) is 5.02 Å². The lowest BCUT2D eigenvalue weighted by molar-refractivity contribution is -0.123. The Morgan fingerprint density at radius 2 is 1.96 bits per heavy atom. The first-order valence-corrected chi connectivity index (χ1v) is 9.35. The van der Waals surface area contributed by atoms with Gasteiger partial charge in [0.05, 0.1) is 12.6 Å². The van der Waals surface area contributed by atoms with Crippen LogP contribution in [0.3, 0.4) is 0 Å². The molecule has 1 amide bonds. The Kier molecular flexibility index (Phi) is 5.51. The minimum absolute atomic E-state index is 0.0316. The standard InChI is InChI=1S/C19H25ClN4O/c1-15-4-5-16(20)12-17(15)24-10-8-23(9-11-24)13-18(25)22-19(14-21)6-2-3-7-19/h4-5,12H,2-3,6-11,13H2,1H3,(H,22,25). The molecule has 1 aromatic rings. The highest BCUT2D eigenvalue weighted by molar-refractivity contribution is 6.30. The molecular formula is C19H25ClN4O. The fourth-order valence-electron chi connectivity index (χ4n) is 3.82. The third-order valence-electron chi connectivity index (χ3n) is 5.30. The SMILES string of the molecule is Cc1ccc(Cl)cc1N1CCN(CC(=O)NC2(C#N)CCCC2)CC1. The van der Waals surface area contributed by atoms with Crippen molar-refractivity contribution < 1.29 is 4.79 Å². The van der Waals surface area contributed by atoms with Gasteiger partial charge in [0.2, 0.25) is 5.91 Å². The summed E-state index contributed by atoms with van der Waals surface area (Å²) in [4.78, 5) is 16.8. The van der Waals surface area contributed by atoms with Crippen molar-refractivity contribution in [1.29, 1.82) is 5.26 Å². The molecule has 0 atom stereocenters. The summed E-state index contributed by atoms with van der Waals surface area (Å²) in [6.07, 6.45) is 3.59. The molecule has 25 heavy (non-hydrogen) atoms. The second-order valence-corrected chi connectivity index (χ2v) is 7.58. The summed E-state index contributed by atoms with van der Waals surface area (Å²) >= 11 is 6.12. The molecule has 134 valence electrons. The molecule has 5 nitrogen and oxygen atoms in total. The Morgan fingerprint density at radius 3 is 2.60 bits per heavy atom. The molecule has 1 aliphatic heterocycles. The Balaban J connectivity index is 1.52. The number of aryl methyl sites for hydroxylation is 1. The van der Waals surface area contributed by atoms with Crippen molar-refractivity contribution in [3.8, 4) is 6.07 Å². The Labute approximate surface area is 154 Å². The number of halogens is 1. The van der Waals surface area contributed by atoms with Crippen LogP contribution < -0.4 is 10.2 Å². The maximum absolute atomic E-state index is 12.3. The first kappa shape index (κ1) is 18.0. The molecular weight excluding hydrogens is 336 g/mol. The van der Waals surface area contributed by atoms with Crippen molar-refractivity contribution >= 4 is 23.2 Å². The normalized spacial score (nSPS) is 20.3. The maximum Gasteiger partial charge on any atom is 0.235 e. The fourth-order valence-corrected chi connectivity index (χ4v) is 3.99. The topological polar surface area (TPSA) is 59.4 Å². The summed E-state index contributed by atoms with van der Waals surface area (Å²) in [6.45, 7) is 5.87. The van der Waals surface area contributed by atoms with Gasteiger partial charge in [-0.3, -0.25) is 9.69 Å². The highest BCUT2D eigenvalue weighted by atomic mass is 35.5. The van der Waals surface area contributed by atoms with Gasteiger partial charge in [-0.15, -0.1) is 0 Å². The molecule has 0 radical (unpaired) electrons. The number of nitriles is 1. The predicted molar refractivity (Wildman–Crippen MR) is 99.8 cm³/mol. The lowest BCUT2D eigenvalue weighted by Gasteiger charge is -2.37. The first-order chi connectivity index (χ1) is 12.0. The molecule has 1 aromatic carbocycles. The zero-order chi connectivity index (χ0) is 17.9. The average Bonchev–Trinajstić information content (AvgIpc) is 3.07. The second-order valence-electron chi connectivity index (χ2n) is 7.14. The van der Waals surface area contributed by atoms with E-state index in [-0.39, 0.29) is 5.91 Å². The molecule has 1 heterocycles. The fraction of sp³-hybridized carbons (Fsp3) is 0.579. The third-order valence-corrected chi connectivity index (χ3v) is 5.54. The van der Waals surface area contributed by atoms with Gasteiger partial charge in [0.1, 0.15) is 5.54 Å². The molecule has 6 heteroatoms. The van der Waals surface area contributed by atoms with E-state index in [0.717, 1.165) is 56.9 Å². The zero-order valence-corrected chi connectivity index (χ0v) is 15.5. The van der Waals surface area contributed by atoms with E-state index in [2.05, 4.69) is 28.1 Å². The molecule has 3 rings (SSSR count). The van der Waals surface area contributed by atoms with Gasteiger partial charge in [-0.05, 0) is 50.3 Å². The van der Waals surface area contributed by atoms with Gasteiger partial charge in [-0.25, -0.2) is 0 Å². The molecule has 0 unspecified atom stereocenters. The van der Waals surface area contributed by atoms with E-state index in [9.17, 15) is 10.1 Å². The van der Waals surface area contributed by atoms with E-state index in [1.807, 2.05) is 18.2 Å². The molecule has 1 saturated carbocycles. The Hall–Kier alpha value is -1.77. The number of hydrogen-bond acceptors (Lipinski definition) is 4. The number of carbonyl (C=O) groups excluding carboxylic acids is 1. The number of nitrogens with one attached hydrogen (secondary N) is 1. The number of rotatable bonds is 4. The van der Waals surface area contributed by atoms with E-state index < -0.39 is 5.54 Å². The third kappa shape index (κ3) is 4.26. The van der Waals surface area contributed by atoms with Crippen LogP contribution in [0.25, 0.3) is 0 Å². The smallest absolute Gasteiger partial charge is 0.235 e.